The molecule has 0 bridgehead atoms. The second kappa shape index (κ2) is 10.0. The van der Waals surface area contributed by atoms with Crippen molar-refractivity contribution in [2.24, 2.45) is 5.11 Å². The number of nitrogens with zero attached hydrogens (tertiary/aromatic N) is 4. The highest BCUT2D eigenvalue weighted by Crippen LogP contribution is 2.58. The van der Waals surface area contributed by atoms with Crippen molar-refractivity contribution in [2.45, 2.75) is 36.7 Å². The number of aliphatic hydroxyl groups excluding tert-OH is 2. The molecule has 35 heavy (non-hydrogen) atoms. The molecule has 0 saturated carbocycles. The number of phosphoric acid groups is 1. The Bertz CT molecular complexity index is 1310. The molecule has 14 nitrogen and oxygen atoms in total. The zero-order chi connectivity index (χ0) is 25.4. The molecule has 4 rings (SSSR count). The Morgan fingerprint density at radius 1 is 1.31 bits per heavy atom. The largest absolute Gasteiger partial charge is 0.475 e. The summed E-state index contributed by atoms with van der Waals surface area (Å²) in [7, 11) is -4.30. The Morgan fingerprint density at radius 2 is 2.03 bits per heavy atom. The van der Waals surface area contributed by atoms with E-state index in [0.29, 0.717) is 22.0 Å². The van der Waals surface area contributed by atoms with Crippen LogP contribution in [0, 0.1) is 0 Å². The molecule has 0 radical (unpaired) electrons. The Morgan fingerprint density at radius 3 is 2.69 bits per heavy atom. The normalized spacial score (nSPS) is 32.8. The van der Waals surface area contributed by atoms with Crippen LogP contribution in [0.1, 0.15) is 24.3 Å². The van der Waals surface area contributed by atoms with Crippen LogP contribution in [0.25, 0.3) is 10.4 Å². The molecule has 188 valence electrons. The zero-order valence-electron chi connectivity index (χ0n) is 17.6. The lowest BCUT2D eigenvalue weighted by atomic mass is 10.1. The predicted octanol–water partition coefficient (Wildman–Crippen LogP) is 2.40. The van der Waals surface area contributed by atoms with Gasteiger partial charge in [-0.1, -0.05) is 28.3 Å². The number of aliphatic hydroxyl groups is 2. The molecular formula is C18H18Cl2N5O9P. The van der Waals surface area contributed by atoms with Gasteiger partial charge in [0.15, 0.2) is 6.23 Å². The Balaban J connectivity index is 1.56. The lowest BCUT2D eigenvalue weighted by Crippen LogP contribution is -2.45. The molecule has 6 atom stereocenters. The van der Waals surface area contributed by atoms with E-state index < -0.39 is 55.9 Å². The van der Waals surface area contributed by atoms with E-state index in [1.54, 1.807) is 12.1 Å². The van der Waals surface area contributed by atoms with E-state index in [1.165, 1.54) is 6.07 Å². The predicted molar refractivity (Wildman–Crippen MR) is 120 cm³/mol. The fourth-order valence-corrected chi connectivity index (χ4v) is 5.62. The van der Waals surface area contributed by atoms with Gasteiger partial charge in [0, 0.05) is 33.6 Å². The highest BCUT2D eigenvalue weighted by molar-refractivity contribution is 7.48. The lowest BCUT2D eigenvalue weighted by molar-refractivity contribution is -0.127. The number of H-pyrrole nitrogens is 1. The number of benzene rings is 1. The molecule has 1 aromatic carbocycles. The molecule has 3 heterocycles. The van der Waals surface area contributed by atoms with E-state index in [4.69, 9.17) is 47.0 Å². The van der Waals surface area contributed by atoms with E-state index in [9.17, 15) is 24.4 Å². The molecule has 17 heteroatoms. The quantitative estimate of drug-likeness (QED) is 0.209. The summed E-state index contributed by atoms with van der Waals surface area (Å²) in [4.78, 5) is 28.0. The number of hydrogen-bond acceptors (Lipinski definition) is 10. The van der Waals surface area contributed by atoms with Gasteiger partial charge in [-0.2, -0.15) is 0 Å². The highest BCUT2D eigenvalue weighted by atomic mass is 35.5. The SMILES string of the molecule is [N-]=[N+]=N[C@]1(CO[P@]2(=O)OCC[C@H](c3cc(Cl)cc(Cl)c3)O2)O[C@@H](n2ccc(=O)[nH]c2=O)[C@H](O)[C@@H]1O. The van der Waals surface area contributed by atoms with Crippen LogP contribution in [0.2, 0.25) is 10.0 Å². The van der Waals surface area contributed by atoms with E-state index in [0.717, 1.165) is 16.8 Å². The zero-order valence-corrected chi connectivity index (χ0v) is 20.0. The topological polar surface area (TPSA) is 198 Å². The Kier molecular flexibility index (Phi) is 7.41. The van der Waals surface area contributed by atoms with Gasteiger partial charge in [0.2, 0.25) is 5.72 Å². The molecule has 3 N–H and O–H groups in total. The van der Waals surface area contributed by atoms with Gasteiger partial charge in [0.05, 0.1) is 19.3 Å². The van der Waals surface area contributed by atoms with Gasteiger partial charge in [0.25, 0.3) is 5.56 Å². The van der Waals surface area contributed by atoms with Gasteiger partial charge < -0.3 is 14.9 Å². The number of ether oxygens (including phenoxy) is 1. The van der Waals surface area contributed by atoms with Gasteiger partial charge in [-0.15, -0.1) is 0 Å². The molecule has 1 aromatic heterocycles. The Labute approximate surface area is 206 Å². The first-order chi connectivity index (χ1) is 16.6. The molecule has 2 aliphatic rings. The van der Waals surface area contributed by atoms with Crippen LogP contribution in [-0.4, -0.2) is 50.9 Å². The van der Waals surface area contributed by atoms with Crippen molar-refractivity contribution in [2.75, 3.05) is 13.2 Å². The molecule has 0 aliphatic carbocycles. The number of aromatic nitrogens is 2. The average molecular weight is 550 g/mol. The summed E-state index contributed by atoms with van der Waals surface area (Å²) in [6.45, 7) is -0.924. The van der Waals surface area contributed by atoms with E-state index in [2.05, 4.69) is 10.0 Å². The second-order valence-corrected chi connectivity index (χ2v) is 10.1. The smallest absolute Gasteiger partial charge is 0.387 e. The maximum absolute atomic E-state index is 13.2. The van der Waals surface area contributed by atoms with Crippen molar-refractivity contribution >= 4 is 31.0 Å². The first-order valence-corrected chi connectivity index (χ1v) is 12.2. The third kappa shape index (κ3) is 5.32. The van der Waals surface area contributed by atoms with Crippen LogP contribution in [0.5, 0.6) is 0 Å². The molecule has 2 saturated heterocycles. The van der Waals surface area contributed by atoms with Crippen LogP contribution in [-0.2, 0) is 22.9 Å². The van der Waals surface area contributed by atoms with Crippen molar-refractivity contribution in [3.05, 3.63) is 77.4 Å². The van der Waals surface area contributed by atoms with Crippen LogP contribution in [0.4, 0.5) is 0 Å². The summed E-state index contributed by atoms with van der Waals surface area (Å²) in [6, 6.07) is 5.64. The summed E-state index contributed by atoms with van der Waals surface area (Å²) in [6.07, 6.45) is -4.78. The van der Waals surface area contributed by atoms with Gasteiger partial charge >= 0.3 is 13.5 Å². The fraction of sp³-hybridized carbons (Fsp3) is 0.444. The maximum atomic E-state index is 13.2. The Hall–Kier alpha value is -2.22. The number of phosphoric ester groups is 1. The number of rotatable bonds is 6. The summed E-state index contributed by atoms with van der Waals surface area (Å²) < 4.78 is 35.5. The molecule has 0 spiro atoms. The third-order valence-corrected chi connectivity index (χ3v) is 7.21. The van der Waals surface area contributed by atoms with Crippen molar-refractivity contribution in [1.29, 1.82) is 0 Å². The summed E-state index contributed by atoms with van der Waals surface area (Å²) in [5.74, 6) is 0. The molecular weight excluding hydrogens is 532 g/mol. The average Bonchev–Trinajstić information content (AvgIpc) is 3.03. The van der Waals surface area contributed by atoms with Crippen molar-refractivity contribution in [3.8, 4) is 0 Å². The number of nitrogens with one attached hydrogen (secondary N) is 1. The maximum Gasteiger partial charge on any atom is 0.475 e. The molecule has 0 amide bonds. The minimum absolute atomic E-state index is 0.0397. The van der Waals surface area contributed by atoms with Gasteiger partial charge in [0.1, 0.15) is 12.2 Å². The van der Waals surface area contributed by atoms with Crippen LogP contribution >= 0.6 is 31.0 Å². The van der Waals surface area contributed by atoms with Crippen molar-refractivity contribution < 1.29 is 33.1 Å². The number of aromatic amines is 1. The number of halogens is 2. The van der Waals surface area contributed by atoms with Crippen molar-refractivity contribution in [3.63, 3.8) is 0 Å². The van der Waals surface area contributed by atoms with Crippen LogP contribution < -0.4 is 11.2 Å². The molecule has 2 aromatic rings. The lowest BCUT2D eigenvalue weighted by Gasteiger charge is -2.32. The van der Waals surface area contributed by atoms with Crippen LogP contribution in [0.15, 0.2) is 45.2 Å². The summed E-state index contributed by atoms with van der Waals surface area (Å²) in [5, 5.41) is 25.2. The van der Waals surface area contributed by atoms with Gasteiger partial charge in [-0.3, -0.25) is 27.9 Å². The van der Waals surface area contributed by atoms with E-state index in [1.807, 2.05) is 4.98 Å². The molecule has 2 aliphatic heterocycles. The minimum Gasteiger partial charge on any atom is -0.387 e. The molecule has 0 unspecified atom stereocenters. The first-order valence-electron chi connectivity index (χ1n) is 10.0. The molecule has 2 fully saturated rings. The fourth-order valence-electron chi connectivity index (χ4n) is 3.67. The van der Waals surface area contributed by atoms with Crippen LogP contribution in [0.3, 0.4) is 0 Å². The monoisotopic (exact) mass is 549 g/mol. The number of hydrogen-bond donors (Lipinski definition) is 3. The minimum atomic E-state index is -4.30. The van der Waals surface area contributed by atoms with E-state index in [-0.39, 0.29) is 6.61 Å². The highest BCUT2D eigenvalue weighted by Gasteiger charge is 2.56. The van der Waals surface area contributed by atoms with Gasteiger partial charge in [-0.25, -0.2) is 9.36 Å². The standard InChI is InChI=1S/C18H18Cl2N5O9P/c19-10-5-9(6-11(20)7-10)12-2-4-31-35(30,34-12)32-8-18(23-24-21)15(28)14(27)16(33-18)25-3-1-13(26)22-17(25)29/h1,3,5-7,12,14-16,27-28H,2,4,8H2,(H,22,26,29)/t12-,14-,15+,16-,18-,35+/m1/s1. The first kappa shape index (κ1) is 25.9. The van der Waals surface area contributed by atoms with Crippen molar-refractivity contribution in [1.82, 2.24) is 9.55 Å². The van der Waals surface area contributed by atoms with E-state index >= 15 is 0 Å². The third-order valence-electron chi connectivity index (χ3n) is 5.31. The summed E-state index contributed by atoms with van der Waals surface area (Å²) >= 11 is 12.0. The summed E-state index contributed by atoms with van der Waals surface area (Å²) in [5.41, 5.74) is 5.57. The second-order valence-electron chi connectivity index (χ2n) is 7.63. The number of azide groups is 1. The van der Waals surface area contributed by atoms with Gasteiger partial charge in [-0.05, 0) is 29.3 Å².